The highest BCUT2D eigenvalue weighted by molar-refractivity contribution is 7.19. The Hall–Kier alpha value is -1.33. The van der Waals surface area contributed by atoms with Gasteiger partial charge in [-0.25, -0.2) is 0 Å². The Balaban J connectivity index is 2.76. The van der Waals surface area contributed by atoms with E-state index in [4.69, 9.17) is 5.26 Å². The van der Waals surface area contributed by atoms with Crippen molar-refractivity contribution in [3.8, 4) is 6.07 Å². The monoisotopic (exact) mass is 201 g/mol. The largest absolute Gasteiger partial charge is 0.192 e. The average Bonchev–Trinajstić information content (AvgIpc) is 2.54. The van der Waals surface area contributed by atoms with Crippen LogP contribution in [0.4, 0.5) is 0 Å². The number of hydrogen-bond donors (Lipinski definition) is 0. The Morgan fingerprint density at radius 1 is 1.36 bits per heavy atom. The average molecular weight is 201 g/mol. The highest BCUT2D eigenvalue weighted by Crippen LogP contribution is 2.28. The summed E-state index contributed by atoms with van der Waals surface area (Å²) >= 11 is 1.79. The fraction of sp³-hybridized carbons (Fsp3) is 0.250. The van der Waals surface area contributed by atoms with Gasteiger partial charge in [0, 0.05) is 9.58 Å². The van der Waals surface area contributed by atoms with Gasteiger partial charge in [0.2, 0.25) is 0 Å². The molecule has 0 unspecified atom stereocenters. The molecule has 0 aliphatic rings. The van der Waals surface area contributed by atoms with Gasteiger partial charge < -0.3 is 0 Å². The van der Waals surface area contributed by atoms with Crippen molar-refractivity contribution in [2.24, 2.45) is 0 Å². The van der Waals surface area contributed by atoms with Crippen LogP contribution in [0.15, 0.2) is 18.2 Å². The summed E-state index contributed by atoms with van der Waals surface area (Å²) in [6.07, 6.45) is 0.926. The first kappa shape index (κ1) is 9.23. The molecule has 1 heterocycles. The molecule has 0 saturated heterocycles. The summed E-state index contributed by atoms with van der Waals surface area (Å²) in [6, 6.07) is 8.53. The number of rotatable bonds is 1. The summed E-state index contributed by atoms with van der Waals surface area (Å²) < 4.78 is 1.29. The van der Waals surface area contributed by atoms with Gasteiger partial charge in [-0.15, -0.1) is 11.3 Å². The Morgan fingerprint density at radius 2 is 2.14 bits per heavy atom. The molecule has 0 fully saturated rings. The van der Waals surface area contributed by atoms with E-state index in [-0.39, 0.29) is 0 Å². The fourth-order valence-corrected chi connectivity index (χ4v) is 2.63. The highest BCUT2D eigenvalue weighted by Gasteiger charge is 2.04. The molecule has 0 atom stereocenters. The van der Waals surface area contributed by atoms with Gasteiger partial charge in [-0.05, 0) is 42.5 Å². The standard InChI is InChI=1S/C12H11NS/c1-3-9-6-12-10(4-8(2)14-12)5-11(9)7-13/h4-6H,3H2,1-2H3. The van der Waals surface area contributed by atoms with E-state index in [0.717, 1.165) is 17.5 Å². The lowest BCUT2D eigenvalue weighted by atomic mass is 10.0. The summed E-state index contributed by atoms with van der Waals surface area (Å²) in [7, 11) is 0. The van der Waals surface area contributed by atoms with Crippen molar-refractivity contribution in [2.75, 3.05) is 0 Å². The summed E-state index contributed by atoms with van der Waals surface area (Å²) in [5, 5.41) is 10.2. The predicted molar refractivity (Wildman–Crippen MR) is 60.7 cm³/mol. The Labute approximate surface area is 87.6 Å². The number of fused-ring (bicyclic) bond motifs is 1. The number of aryl methyl sites for hydroxylation is 2. The maximum Gasteiger partial charge on any atom is 0.0994 e. The summed E-state index contributed by atoms with van der Waals surface area (Å²) in [5.74, 6) is 0. The number of benzene rings is 1. The third-order valence-electron chi connectivity index (χ3n) is 2.37. The molecule has 0 bridgehead atoms. The topological polar surface area (TPSA) is 23.8 Å². The number of thiophene rings is 1. The van der Waals surface area contributed by atoms with Crippen molar-refractivity contribution < 1.29 is 0 Å². The van der Waals surface area contributed by atoms with E-state index in [0.29, 0.717) is 0 Å². The maximum atomic E-state index is 8.97. The van der Waals surface area contributed by atoms with Gasteiger partial charge >= 0.3 is 0 Å². The van der Waals surface area contributed by atoms with Gasteiger partial charge in [0.05, 0.1) is 11.6 Å². The van der Waals surface area contributed by atoms with Crippen LogP contribution in [-0.4, -0.2) is 0 Å². The number of hydrogen-bond acceptors (Lipinski definition) is 2. The van der Waals surface area contributed by atoms with E-state index in [1.807, 2.05) is 6.07 Å². The molecule has 2 rings (SSSR count). The van der Waals surface area contributed by atoms with Gasteiger partial charge in [0.1, 0.15) is 0 Å². The van der Waals surface area contributed by atoms with Gasteiger partial charge in [-0.3, -0.25) is 0 Å². The third-order valence-corrected chi connectivity index (χ3v) is 3.38. The molecule has 0 radical (unpaired) electrons. The van der Waals surface area contributed by atoms with E-state index in [1.54, 1.807) is 11.3 Å². The molecule has 0 N–H and O–H groups in total. The zero-order valence-electron chi connectivity index (χ0n) is 8.29. The molecule has 1 aromatic carbocycles. The second kappa shape index (κ2) is 3.43. The molecule has 2 heteroatoms. The molecule has 2 aromatic rings. The van der Waals surface area contributed by atoms with Crippen LogP contribution in [0.3, 0.4) is 0 Å². The van der Waals surface area contributed by atoms with Crippen LogP contribution in [0.2, 0.25) is 0 Å². The van der Waals surface area contributed by atoms with Crippen LogP contribution in [-0.2, 0) is 6.42 Å². The molecule has 0 spiro atoms. The smallest absolute Gasteiger partial charge is 0.0994 e. The number of nitrogens with zero attached hydrogens (tertiary/aromatic N) is 1. The second-order valence-corrected chi connectivity index (χ2v) is 4.66. The fourth-order valence-electron chi connectivity index (χ4n) is 1.66. The number of nitriles is 1. The molecule has 0 saturated carbocycles. The van der Waals surface area contributed by atoms with Crippen molar-refractivity contribution in [2.45, 2.75) is 20.3 Å². The highest BCUT2D eigenvalue weighted by atomic mass is 32.1. The lowest BCUT2D eigenvalue weighted by Crippen LogP contribution is -1.85. The zero-order valence-corrected chi connectivity index (χ0v) is 9.11. The SMILES string of the molecule is CCc1cc2sc(C)cc2cc1C#N. The lowest BCUT2D eigenvalue weighted by molar-refractivity contribution is 1.13. The summed E-state index contributed by atoms with van der Waals surface area (Å²) in [6.45, 7) is 4.19. The molecular weight excluding hydrogens is 190 g/mol. The molecule has 0 amide bonds. The van der Waals surface area contributed by atoms with Crippen molar-refractivity contribution in [1.82, 2.24) is 0 Å². The summed E-state index contributed by atoms with van der Waals surface area (Å²) in [5.41, 5.74) is 1.97. The Morgan fingerprint density at radius 3 is 2.79 bits per heavy atom. The van der Waals surface area contributed by atoms with Crippen LogP contribution in [0.5, 0.6) is 0 Å². The van der Waals surface area contributed by atoms with E-state index in [2.05, 4.69) is 32.0 Å². The van der Waals surface area contributed by atoms with Crippen molar-refractivity contribution in [3.63, 3.8) is 0 Å². The van der Waals surface area contributed by atoms with E-state index < -0.39 is 0 Å². The van der Waals surface area contributed by atoms with Crippen LogP contribution in [0.25, 0.3) is 10.1 Å². The maximum absolute atomic E-state index is 8.97. The molecular formula is C12H11NS. The van der Waals surface area contributed by atoms with Gasteiger partial charge in [0.15, 0.2) is 0 Å². The molecule has 70 valence electrons. The second-order valence-electron chi connectivity index (χ2n) is 3.37. The molecule has 0 aliphatic heterocycles. The molecule has 1 nitrogen and oxygen atoms in total. The zero-order chi connectivity index (χ0) is 10.1. The van der Waals surface area contributed by atoms with Crippen LogP contribution in [0, 0.1) is 18.3 Å². The van der Waals surface area contributed by atoms with Crippen LogP contribution in [0.1, 0.15) is 22.9 Å². The van der Waals surface area contributed by atoms with Gasteiger partial charge in [-0.1, -0.05) is 6.92 Å². The molecule has 14 heavy (non-hydrogen) atoms. The van der Waals surface area contributed by atoms with E-state index in [1.165, 1.54) is 15.0 Å². The van der Waals surface area contributed by atoms with Gasteiger partial charge in [0.25, 0.3) is 0 Å². The quantitative estimate of drug-likeness (QED) is 0.691. The van der Waals surface area contributed by atoms with Crippen LogP contribution >= 0.6 is 11.3 Å². The van der Waals surface area contributed by atoms with Gasteiger partial charge in [-0.2, -0.15) is 5.26 Å². The van der Waals surface area contributed by atoms with E-state index >= 15 is 0 Å². The third kappa shape index (κ3) is 1.40. The minimum absolute atomic E-state index is 0.817. The summed E-state index contributed by atoms with van der Waals surface area (Å²) in [4.78, 5) is 1.30. The first-order valence-corrected chi connectivity index (χ1v) is 5.49. The normalized spacial score (nSPS) is 10.4. The minimum Gasteiger partial charge on any atom is -0.192 e. The molecule has 1 aromatic heterocycles. The Bertz CT molecular complexity index is 517. The van der Waals surface area contributed by atoms with Crippen LogP contribution < -0.4 is 0 Å². The first-order valence-electron chi connectivity index (χ1n) is 4.67. The Kier molecular flexibility index (Phi) is 2.26. The lowest BCUT2D eigenvalue weighted by Gasteiger charge is -1.99. The molecule has 0 aliphatic carbocycles. The van der Waals surface area contributed by atoms with Crippen molar-refractivity contribution in [1.29, 1.82) is 5.26 Å². The van der Waals surface area contributed by atoms with E-state index in [9.17, 15) is 0 Å². The first-order chi connectivity index (χ1) is 6.74. The minimum atomic E-state index is 0.817. The van der Waals surface area contributed by atoms with Crippen molar-refractivity contribution in [3.05, 3.63) is 34.2 Å². The predicted octanol–water partition coefficient (Wildman–Crippen LogP) is 3.64. The van der Waals surface area contributed by atoms with Crippen molar-refractivity contribution >= 4 is 21.4 Å².